The topological polar surface area (TPSA) is 57.2 Å². The van der Waals surface area contributed by atoms with Crippen LogP contribution in [0.15, 0.2) is 30.6 Å². The van der Waals surface area contributed by atoms with Crippen molar-refractivity contribution in [2.45, 2.75) is 32.7 Å². The highest BCUT2D eigenvalue weighted by molar-refractivity contribution is 5.41. The second-order valence-electron chi connectivity index (χ2n) is 7.68. The fourth-order valence-corrected chi connectivity index (χ4v) is 2.75. The number of rotatable bonds is 4. The molecule has 2 aromatic heterocycles. The van der Waals surface area contributed by atoms with Crippen LogP contribution in [-0.4, -0.2) is 53.1 Å². The van der Waals surface area contributed by atoms with Gasteiger partial charge in [-0.15, -0.1) is 0 Å². The molecule has 3 heterocycles. The number of hydrogen-bond donors (Lipinski definition) is 1. The summed E-state index contributed by atoms with van der Waals surface area (Å²) in [6, 6.07) is 6.16. The Bertz CT molecular complexity index is 684. The Morgan fingerprint density at radius 2 is 1.80 bits per heavy atom. The Kier molecular flexibility index (Phi) is 5.18. The summed E-state index contributed by atoms with van der Waals surface area (Å²) >= 11 is 0. The molecule has 6 nitrogen and oxygen atoms in total. The van der Waals surface area contributed by atoms with Crippen LogP contribution in [0.4, 0.5) is 11.6 Å². The molecule has 1 fully saturated rings. The lowest BCUT2D eigenvalue weighted by atomic mass is 9.96. The lowest BCUT2D eigenvalue weighted by Crippen LogP contribution is -2.44. The predicted molar refractivity (Wildman–Crippen MR) is 102 cm³/mol. The molecule has 0 atom stereocenters. The Balaban J connectivity index is 1.59. The first-order chi connectivity index (χ1) is 11.9. The van der Waals surface area contributed by atoms with Crippen LogP contribution >= 0.6 is 0 Å². The van der Waals surface area contributed by atoms with Gasteiger partial charge in [0.05, 0.1) is 0 Å². The van der Waals surface area contributed by atoms with Crippen LogP contribution < -0.4 is 10.2 Å². The van der Waals surface area contributed by atoms with E-state index in [0.717, 1.165) is 49.2 Å². The highest BCUT2D eigenvalue weighted by Gasteiger charge is 2.17. The molecule has 1 aliphatic rings. The predicted octanol–water partition coefficient (Wildman–Crippen LogP) is 2.53. The van der Waals surface area contributed by atoms with Crippen molar-refractivity contribution in [3.8, 4) is 0 Å². The standard InChI is InChI=1S/C19H28N6/c1-19(2,3)18-20-8-7-16(23-18)21-13-15-5-6-17(22-14-15)25-11-9-24(4)10-12-25/h5-8,14H,9-13H2,1-4H3,(H,20,21,23). The molecule has 0 spiro atoms. The van der Waals surface area contributed by atoms with E-state index in [1.54, 1.807) is 0 Å². The van der Waals surface area contributed by atoms with Crippen LogP contribution in [0.3, 0.4) is 0 Å². The van der Waals surface area contributed by atoms with Crippen LogP contribution in [0.1, 0.15) is 32.2 Å². The van der Waals surface area contributed by atoms with Gasteiger partial charge in [-0.05, 0) is 24.7 Å². The molecule has 25 heavy (non-hydrogen) atoms. The van der Waals surface area contributed by atoms with E-state index < -0.39 is 0 Å². The molecule has 0 saturated carbocycles. The van der Waals surface area contributed by atoms with Crippen LogP contribution in [0.25, 0.3) is 0 Å². The van der Waals surface area contributed by atoms with Crippen molar-refractivity contribution in [1.29, 1.82) is 0 Å². The molecule has 0 aliphatic carbocycles. The van der Waals surface area contributed by atoms with Crippen LogP contribution in [0, 0.1) is 0 Å². The van der Waals surface area contributed by atoms with E-state index in [1.807, 2.05) is 18.5 Å². The highest BCUT2D eigenvalue weighted by Crippen LogP contribution is 2.19. The monoisotopic (exact) mass is 340 g/mol. The summed E-state index contributed by atoms with van der Waals surface area (Å²) in [6.07, 6.45) is 3.76. The van der Waals surface area contributed by atoms with Crippen molar-refractivity contribution < 1.29 is 0 Å². The molecule has 2 aromatic rings. The first-order valence-electron chi connectivity index (χ1n) is 8.88. The molecule has 0 bridgehead atoms. The summed E-state index contributed by atoms with van der Waals surface area (Å²) < 4.78 is 0. The summed E-state index contributed by atoms with van der Waals surface area (Å²) in [5.41, 5.74) is 1.09. The van der Waals surface area contributed by atoms with Crippen molar-refractivity contribution in [2.75, 3.05) is 43.4 Å². The first-order valence-corrected chi connectivity index (χ1v) is 8.88. The van der Waals surface area contributed by atoms with Crippen LogP contribution in [0.2, 0.25) is 0 Å². The number of nitrogens with one attached hydrogen (secondary N) is 1. The average Bonchev–Trinajstić information content (AvgIpc) is 2.61. The van der Waals surface area contributed by atoms with E-state index in [-0.39, 0.29) is 5.41 Å². The third-order valence-corrected chi connectivity index (χ3v) is 4.44. The van der Waals surface area contributed by atoms with Gasteiger partial charge in [0, 0.05) is 50.5 Å². The minimum atomic E-state index is -0.0522. The summed E-state index contributed by atoms with van der Waals surface area (Å²) in [5.74, 6) is 2.76. The van der Waals surface area contributed by atoms with Gasteiger partial charge in [0.15, 0.2) is 0 Å². The maximum absolute atomic E-state index is 4.63. The van der Waals surface area contributed by atoms with E-state index >= 15 is 0 Å². The van der Waals surface area contributed by atoms with Gasteiger partial charge in [0.1, 0.15) is 17.5 Å². The van der Waals surface area contributed by atoms with Gasteiger partial charge in [-0.1, -0.05) is 26.8 Å². The van der Waals surface area contributed by atoms with Gasteiger partial charge in [-0.3, -0.25) is 0 Å². The quantitative estimate of drug-likeness (QED) is 0.923. The van der Waals surface area contributed by atoms with Gasteiger partial charge < -0.3 is 15.1 Å². The van der Waals surface area contributed by atoms with Crippen LogP contribution in [-0.2, 0) is 12.0 Å². The number of piperazine rings is 1. The lowest BCUT2D eigenvalue weighted by Gasteiger charge is -2.33. The number of nitrogens with zero attached hydrogens (tertiary/aromatic N) is 5. The summed E-state index contributed by atoms with van der Waals surface area (Å²) in [7, 11) is 2.16. The maximum atomic E-state index is 4.63. The van der Waals surface area contributed by atoms with Gasteiger partial charge in [0.25, 0.3) is 0 Å². The Labute approximate surface area is 150 Å². The van der Waals surface area contributed by atoms with Crippen molar-refractivity contribution in [3.63, 3.8) is 0 Å². The van der Waals surface area contributed by atoms with E-state index in [4.69, 9.17) is 0 Å². The fourth-order valence-electron chi connectivity index (χ4n) is 2.75. The van der Waals surface area contributed by atoms with Gasteiger partial charge >= 0.3 is 0 Å². The van der Waals surface area contributed by atoms with Crippen molar-refractivity contribution in [3.05, 3.63) is 42.0 Å². The zero-order chi connectivity index (χ0) is 17.9. The largest absolute Gasteiger partial charge is 0.366 e. The minimum Gasteiger partial charge on any atom is -0.366 e. The lowest BCUT2D eigenvalue weighted by molar-refractivity contribution is 0.312. The Morgan fingerprint density at radius 1 is 1.04 bits per heavy atom. The summed E-state index contributed by atoms with van der Waals surface area (Å²) in [6.45, 7) is 11.3. The Morgan fingerprint density at radius 3 is 2.44 bits per heavy atom. The SMILES string of the molecule is CN1CCN(c2ccc(CNc3ccnc(C(C)(C)C)n3)cn2)CC1. The van der Waals surface area contributed by atoms with E-state index in [9.17, 15) is 0 Å². The molecule has 3 rings (SSSR count). The van der Waals surface area contributed by atoms with E-state index in [1.165, 1.54) is 0 Å². The number of anilines is 2. The maximum Gasteiger partial charge on any atom is 0.135 e. The zero-order valence-electron chi connectivity index (χ0n) is 15.7. The smallest absolute Gasteiger partial charge is 0.135 e. The second-order valence-corrected chi connectivity index (χ2v) is 7.68. The zero-order valence-corrected chi connectivity index (χ0v) is 15.7. The molecular weight excluding hydrogens is 312 g/mol. The van der Waals surface area contributed by atoms with Crippen LogP contribution in [0.5, 0.6) is 0 Å². The molecule has 0 aromatic carbocycles. The number of hydrogen-bond acceptors (Lipinski definition) is 6. The van der Waals surface area contributed by atoms with Crippen molar-refractivity contribution >= 4 is 11.6 Å². The molecule has 0 radical (unpaired) electrons. The third kappa shape index (κ3) is 4.66. The van der Waals surface area contributed by atoms with Gasteiger partial charge in [-0.2, -0.15) is 0 Å². The molecule has 134 valence electrons. The molecule has 1 N–H and O–H groups in total. The molecule has 1 aliphatic heterocycles. The fraction of sp³-hybridized carbons (Fsp3) is 0.526. The number of pyridine rings is 1. The second kappa shape index (κ2) is 7.35. The van der Waals surface area contributed by atoms with Crippen molar-refractivity contribution in [1.82, 2.24) is 19.9 Å². The molecule has 0 amide bonds. The van der Waals surface area contributed by atoms with Gasteiger partial charge in [-0.25, -0.2) is 15.0 Å². The molecule has 0 unspecified atom stereocenters. The first kappa shape index (κ1) is 17.6. The molecule has 6 heteroatoms. The third-order valence-electron chi connectivity index (χ3n) is 4.44. The number of aromatic nitrogens is 3. The van der Waals surface area contributed by atoms with E-state index in [2.05, 4.69) is 70.0 Å². The van der Waals surface area contributed by atoms with E-state index in [0.29, 0.717) is 6.54 Å². The summed E-state index contributed by atoms with van der Waals surface area (Å²) in [5, 5.41) is 3.37. The van der Waals surface area contributed by atoms with Gasteiger partial charge in [0.2, 0.25) is 0 Å². The number of likely N-dealkylation sites (N-methyl/N-ethyl adjacent to an activating group) is 1. The van der Waals surface area contributed by atoms with Crippen molar-refractivity contribution in [2.24, 2.45) is 0 Å². The molecule has 1 saturated heterocycles. The highest BCUT2D eigenvalue weighted by atomic mass is 15.3. The normalized spacial score (nSPS) is 16.1. The Hall–Kier alpha value is -2.21. The summed E-state index contributed by atoms with van der Waals surface area (Å²) in [4.78, 5) is 18.3. The average molecular weight is 340 g/mol. The minimum absolute atomic E-state index is 0.0522. The molecular formula is C19H28N6.